The third-order valence-electron chi connectivity index (χ3n) is 6.73. The van der Waals surface area contributed by atoms with Gasteiger partial charge < -0.3 is 24.5 Å². The van der Waals surface area contributed by atoms with Crippen LogP contribution in [0, 0.1) is 0 Å². The minimum absolute atomic E-state index is 0.0177. The quantitative estimate of drug-likeness (QED) is 0.439. The van der Waals surface area contributed by atoms with Crippen LogP contribution >= 0.6 is 0 Å². The number of anilines is 1. The summed E-state index contributed by atoms with van der Waals surface area (Å²) in [6, 6.07) is 9.16. The molecule has 1 aromatic carbocycles. The van der Waals surface area contributed by atoms with Crippen molar-refractivity contribution in [2.45, 2.75) is 24.6 Å². The number of hydrogen-bond donors (Lipinski definition) is 3. The van der Waals surface area contributed by atoms with Gasteiger partial charge in [-0.1, -0.05) is 6.07 Å². The van der Waals surface area contributed by atoms with Crippen LogP contribution in [-0.2, 0) is 21.7 Å². The van der Waals surface area contributed by atoms with E-state index in [1.807, 2.05) is 0 Å². The molecule has 2 unspecified atom stereocenters. The Bertz CT molecular complexity index is 1470. The largest absolute Gasteiger partial charge is 0.497 e. The average molecular weight is 491 g/mol. The number of carbonyl (C=O) groups excluding carboxylic acids is 4. The molecule has 2 aromatic heterocycles. The molecule has 0 saturated carbocycles. The van der Waals surface area contributed by atoms with Crippen LogP contribution in [0.4, 0.5) is 10.6 Å². The predicted molar refractivity (Wildman–Crippen MR) is 123 cm³/mol. The van der Waals surface area contributed by atoms with E-state index < -0.39 is 23.6 Å². The number of nitrogens with one attached hydrogen (secondary N) is 2. The fourth-order valence-corrected chi connectivity index (χ4v) is 4.92. The first kappa shape index (κ1) is 22.0. The second kappa shape index (κ2) is 7.78. The molecule has 184 valence electrons. The van der Waals surface area contributed by atoms with Gasteiger partial charge in [0.05, 0.1) is 32.7 Å². The average Bonchev–Trinajstić information content (AvgIpc) is 3.58. The van der Waals surface area contributed by atoms with Crippen LogP contribution in [0.3, 0.4) is 0 Å². The van der Waals surface area contributed by atoms with E-state index in [1.165, 1.54) is 23.0 Å². The maximum Gasteiger partial charge on any atom is 0.322 e. The van der Waals surface area contributed by atoms with Gasteiger partial charge in [0.15, 0.2) is 11.1 Å². The van der Waals surface area contributed by atoms with Crippen LogP contribution in [0.5, 0.6) is 5.75 Å². The summed E-state index contributed by atoms with van der Waals surface area (Å²) in [7, 11) is 1.51. The number of aromatic nitrogens is 1. The number of urea groups is 1. The lowest BCUT2D eigenvalue weighted by Crippen LogP contribution is -2.52. The number of rotatable bonds is 5. The standard InChI is InChI=1S/C24H21N5O7/c1-35-14-3-2-12-9-28(21(32)15(12)7-14)11-24(22(33)26-23(34)27-24)18-8-16-17(36-18)4-5-19(25-16)29-10-13(30)6-20(29)31/h2-5,7-8,13,30H,6,9-11H2,1H3,(H2,26,27,33,34). The molecule has 0 radical (unpaired) electrons. The van der Waals surface area contributed by atoms with E-state index in [-0.39, 0.29) is 43.6 Å². The Labute approximate surface area is 203 Å². The lowest BCUT2D eigenvalue weighted by Gasteiger charge is -2.28. The molecule has 3 aromatic rings. The van der Waals surface area contributed by atoms with E-state index in [2.05, 4.69) is 15.6 Å². The molecule has 2 saturated heterocycles. The highest BCUT2D eigenvalue weighted by Crippen LogP contribution is 2.35. The molecule has 0 aliphatic carbocycles. The molecular formula is C24H21N5O7. The van der Waals surface area contributed by atoms with E-state index in [0.717, 1.165) is 5.56 Å². The molecule has 6 rings (SSSR count). The summed E-state index contributed by atoms with van der Waals surface area (Å²) in [4.78, 5) is 58.0. The van der Waals surface area contributed by atoms with E-state index >= 15 is 0 Å². The van der Waals surface area contributed by atoms with E-state index in [0.29, 0.717) is 28.2 Å². The number of β-amino-alcohol motifs (C(OH)–C–C–N with tert-alkyl or cyclic N) is 1. The first-order valence-electron chi connectivity index (χ1n) is 11.3. The van der Waals surface area contributed by atoms with Crippen molar-refractivity contribution in [1.82, 2.24) is 20.5 Å². The second-order valence-electron chi connectivity index (χ2n) is 9.02. The number of methoxy groups -OCH3 is 1. The smallest absolute Gasteiger partial charge is 0.322 e. The van der Waals surface area contributed by atoms with Gasteiger partial charge in [0.2, 0.25) is 5.91 Å². The van der Waals surface area contributed by atoms with Crippen molar-refractivity contribution >= 4 is 40.7 Å². The van der Waals surface area contributed by atoms with Gasteiger partial charge in [-0.3, -0.25) is 24.6 Å². The third-order valence-corrected chi connectivity index (χ3v) is 6.73. The number of pyridine rings is 1. The minimum atomic E-state index is -1.68. The van der Waals surface area contributed by atoms with E-state index in [4.69, 9.17) is 9.15 Å². The maximum absolute atomic E-state index is 13.2. The van der Waals surface area contributed by atoms with Crippen molar-refractivity contribution in [3.8, 4) is 5.75 Å². The highest BCUT2D eigenvalue weighted by Gasteiger charge is 2.53. The normalized spacial score (nSPS) is 23.4. The number of nitrogens with zero attached hydrogens (tertiary/aromatic N) is 3. The number of ether oxygens (including phenoxy) is 1. The zero-order chi connectivity index (χ0) is 25.2. The Morgan fingerprint density at radius 3 is 2.72 bits per heavy atom. The SMILES string of the molecule is COc1ccc2c(c1)C(=O)N(CC1(c3cc4nc(N5CC(O)CC5=O)ccc4o3)NC(=O)NC1=O)C2. The number of amides is 5. The lowest BCUT2D eigenvalue weighted by atomic mass is 9.95. The van der Waals surface area contributed by atoms with Crippen molar-refractivity contribution in [2.75, 3.05) is 25.1 Å². The van der Waals surface area contributed by atoms with Crippen LogP contribution in [-0.4, -0.2) is 65.0 Å². The summed E-state index contributed by atoms with van der Waals surface area (Å²) in [5, 5.41) is 14.7. The number of fused-ring (bicyclic) bond motifs is 2. The number of carbonyl (C=O) groups is 4. The molecule has 3 aliphatic rings. The van der Waals surface area contributed by atoms with Gasteiger partial charge in [-0.25, -0.2) is 9.78 Å². The topological polar surface area (TPSA) is 154 Å². The molecule has 3 N–H and O–H groups in total. The van der Waals surface area contributed by atoms with Crippen molar-refractivity contribution < 1.29 is 33.4 Å². The summed E-state index contributed by atoms with van der Waals surface area (Å²) in [6.45, 7) is 0.196. The van der Waals surface area contributed by atoms with Crippen LogP contribution in [0.1, 0.15) is 28.1 Å². The van der Waals surface area contributed by atoms with Gasteiger partial charge in [-0.2, -0.15) is 0 Å². The summed E-state index contributed by atoms with van der Waals surface area (Å²) in [6.07, 6.45) is -0.748. The maximum atomic E-state index is 13.2. The Kier molecular flexibility index (Phi) is 4.76. The van der Waals surface area contributed by atoms with Crippen molar-refractivity contribution in [1.29, 1.82) is 0 Å². The van der Waals surface area contributed by atoms with Crippen LogP contribution < -0.4 is 20.3 Å². The van der Waals surface area contributed by atoms with Gasteiger partial charge in [0, 0.05) is 18.2 Å². The highest BCUT2D eigenvalue weighted by molar-refractivity contribution is 6.08. The molecule has 5 heterocycles. The molecule has 2 atom stereocenters. The molecule has 5 amide bonds. The van der Waals surface area contributed by atoms with Crippen molar-refractivity contribution in [3.63, 3.8) is 0 Å². The van der Waals surface area contributed by atoms with E-state index in [9.17, 15) is 24.3 Å². The second-order valence-corrected chi connectivity index (χ2v) is 9.02. The summed E-state index contributed by atoms with van der Waals surface area (Å²) in [5.74, 6) is -0.246. The number of benzene rings is 1. The lowest BCUT2D eigenvalue weighted by molar-refractivity contribution is -0.125. The fourth-order valence-electron chi connectivity index (χ4n) is 4.92. The van der Waals surface area contributed by atoms with Gasteiger partial charge in [0.25, 0.3) is 11.8 Å². The fraction of sp³-hybridized carbons (Fsp3) is 0.292. The third kappa shape index (κ3) is 3.29. The molecule has 12 nitrogen and oxygen atoms in total. The summed E-state index contributed by atoms with van der Waals surface area (Å²) < 4.78 is 11.2. The molecule has 0 spiro atoms. The molecule has 12 heteroatoms. The number of hydrogen-bond acceptors (Lipinski definition) is 8. The van der Waals surface area contributed by atoms with Crippen molar-refractivity contribution in [3.05, 3.63) is 53.3 Å². The number of aliphatic hydroxyl groups is 1. The highest BCUT2D eigenvalue weighted by atomic mass is 16.5. The predicted octanol–water partition coefficient (Wildman–Crippen LogP) is 0.625. The van der Waals surface area contributed by atoms with Gasteiger partial charge in [-0.15, -0.1) is 0 Å². The molecule has 0 bridgehead atoms. The zero-order valence-corrected chi connectivity index (χ0v) is 19.1. The first-order chi connectivity index (χ1) is 17.3. The Morgan fingerprint density at radius 1 is 1.19 bits per heavy atom. The first-order valence-corrected chi connectivity index (χ1v) is 11.3. The van der Waals surface area contributed by atoms with Crippen LogP contribution in [0.2, 0.25) is 0 Å². The number of aliphatic hydroxyl groups excluding tert-OH is 1. The van der Waals surface area contributed by atoms with Crippen LogP contribution in [0.15, 0.2) is 40.8 Å². The van der Waals surface area contributed by atoms with Gasteiger partial charge in [-0.05, 0) is 29.8 Å². The molecular weight excluding hydrogens is 470 g/mol. The van der Waals surface area contributed by atoms with Crippen molar-refractivity contribution in [2.24, 2.45) is 0 Å². The summed E-state index contributed by atoms with van der Waals surface area (Å²) >= 11 is 0. The Morgan fingerprint density at radius 2 is 2.03 bits per heavy atom. The molecule has 36 heavy (non-hydrogen) atoms. The van der Waals surface area contributed by atoms with E-state index in [1.54, 1.807) is 30.3 Å². The summed E-state index contributed by atoms with van der Waals surface area (Å²) in [5.41, 5.74) is 0.233. The van der Waals surface area contributed by atoms with Crippen LogP contribution in [0.25, 0.3) is 11.1 Å². The Hall–Kier alpha value is -4.45. The number of furan rings is 1. The molecule has 2 fully saturated rings. The monoisotopic (exact) mass is 491 g/mol. The number of imide groups is 1. The Balaban J connectivity index is 1.36. The zero-order valence-electron chi connectivity index (χ0n) is 19.1. The van der Waals surface area contributed by atoms with Gasteiger partial charge in [0.1, 0.15) is 22.8 Å². The van der Waals surface area contributed by atoms with Gasteiger partial charge >= 0.3 is 6.03 Å². The minimum Gasteiger partial charge on any atom is -0.497 e. The molecule has 3 aliphatic heterocycles.